The number of ketones is 1. The minimum Gasteiger partial charge on any atom is -0.536 e. The second kappa shape index (κ2) is 6.51. The third-order valence-corrected chi connectivity index (χ3v) is 4.49. The van der Waals surface area contributed by atoms with E-state index in [-0.39, 0.29) is 17.9 Å². The van der Waals surface area contributed by atoms with E-state index in [4.69, 9.17) is 9.86 Å². The molecule has 0 spiro atoms. The Kier molecular flexibility index (Phi) is 4.45. The van der Waals surface area contributed by atoms with Gasteiger partial charge in [0.1, 0.15) is 11.4 Å². The molecule has 0 unspecified atom stereocenters. The predicted molar refractivity (Wildman–Crippen MR) is 87.3 cm³/mol. The molecular formula is C15H15BN2O4S. The van der Waals surface area contributed by atoms with Crippen molar-refractivity contribution in [2.24, 2.45) is 5.16 Å². The Morgan fingerprint density at radius 1 is 1.57 bits per heavy atom. The lowest BCUT2D eigenvalue weighted by atomic mass is 9.64. The number of oxime groups is 1. The lowest BCUT2D eigenvalue weighted by Gasteiger charge is -2.28. The second-order valence-corrected chi connectivity index (χ2v) is 6.20. The van der Waals surface area contributed by atoms with E-state index in [0.29, 0.717) is 17.9 Å². The van der Waals surface area contributed by atoms with Gasteiger partial charge in [-0.1, -0.05) is 23.4 Å². The highest BCUT2D eigenvalue weighted by Gasteiger charge is 2.37. The van der Waals surface area contributed by atoms with E-state index >= 15 is 0 Å². The largest absolute Gasteiger partial charge is 0.536 e. The van der Waals surface area contributed by atoms with Gasteiger partial charge in [0.15, 0.2) is 11.5 Å². The molecule has 2 aromatic rings. The number of carbonyl (C=O) groups excluding carboxylic acids is 1. The van der Waals surface area contributed by atoms with Crippen LogP contribution < -0.4 is 4.65 Å². The Labute approximate surface area is 137 Å². The Hall–Kier alpha value is -2.19. The van der Waals surface area contributed by atoms with Gasteiger partial charge in [0.05, 0.1) is 5.51 Å². The molecule has 6 nitrogen and oxygen atoms in total. The molecule has 3 rings (SSSR count). The van der Waals surface area contributed by atoms with E-state index < -0.39 is 12.9 Å². The lowest BCUT2D eigenvalue weighted by molar-refractivity contribution is -0.113. The zero-order valence-corrected chi connectivity index (χ0v) is 13.3. The third-order valence-electron chi connectivity index (χ3n) is 3.90. The molecule has 8 heteroatoms. The molecule has 0 radical (unpaired) electrons. The number of Topliss-reactive ketones (excluding diaryl/α,β-unsaturated/α-hetero) is 1. The van der Waals surface area contributed by atoms with Crippen LogP contribution in [0.25, 0.3) is 0 Å². The minimum absolute atomic E-state index is 0.0193. The molecule has 2 heterocycles. The van der Waals surface area contributed by atoms with Crippen molar-refractivity contribution in [2.45, 2.75) is 25.6 Å². The topological polar surface area (TPSA) is 92.0 Å². The Morgan fingerprint density at radius 3 is 3.09 bits per heavy atom. The fourth-order valence-electron chi connectivity index (χ4n) is 2.73. The Morgan fingerprint density at radius 2 is 2.39 bits per heavy atom. The van der Waals surface area contributed by atoms with Gasteiger partial charge in [0.25, 0.3) is 0 Å². The van der Waals surface area contributed by atoms with Crippen molar-refractivity contribution in [1.82, 2.24) is 4.98 Å². The molecule has 0 saturated carbocycles. The number of para-hydroxylation sites is 1. The highest BCUT2D eigenvalue weighted by Crippen LogP contribution is 2.35. The maximum Gasteiger partial charge on any atom is 0.526 e. The number of aryl methyl sites for hydroxylation is 1. The van der Waals surface area contributed by atoms with Gasteiger partial charge in [-0.2, -0.15) is 0 Å². The Balaban J connectivity index is 1.77. The van der Waals surface area contributed by atoms with E-state index in [0.717, 1.165) is 11.1 Å². The molecule has 0 saturated heterocycles. The van der Waals surface area contributed by atoms with Crippen molar-refractivity contribution >= 4 is 30.0 Å². The van der Waals surface area contributed by atoms with Crippen LogP contribution in [0, 0.1) is 6.92 Å². The van der Waals surface area contributed by atoms with E-state index in [1.165, 1.54) is 11.3 Å². The number of fused-ring (bicyclic) bond motifs is 1. The summed E-state index contributed by atoms with van der Waals surface area (Å²) in [5.41, 5.74) is 3.72. The van der Waals surface area contributed by atoms with E-state index in [1.54, 1.807) is 10.9 Å². The predicted octanol–water partition coefficient (Wildman–Crippen LogP) is 2.07. The second-order valence-electron chi connectivity index (χ2n) is 5.49. The maximum absolute atomic E-state index is 12.4. The number of hydrogen-bond acceptors (Lipinski definition) is 7. The molecule has 1 aliphatic heterocycles. The fourth-order valence-corrected chi connectivity index (χ4v) is 3.27. The number of hydrogen-bond donors (Lipinski definition) is 2. The van der Waals surface area contributed by atoms with Crippen molar-refractivity contribution in [3.63, 3.8) is 0 Å². The molecular weight excluding hydrogens is 315 g/mol. The van der Waals surface area contributed by atoms with Gasteiger partial charge in [0.2, 0.25) is 0 Å². The average Bonchev–Trinajstić information content (AvgIpc) is 3.04. The molecule has 1 atom stereocenters. The maximum atomic E-state index is 12.4. The molecule has 118 valence electrons. The van der Waals surface area contributed by atoms with Gasteiger partial charge >= 0.3 is 7.12 Å². The summed E-state index contributed by atoms with van der Waals surface area (Å²) in [6.45, 7) is 1.91. The molecule has 2 N–H and O–H groups in total. The van der Waals surface area contributed by atoms with Crippen LogP contribution in [0.5, 0.6) is 5.75 Å². The number of thiazole rings is 1. The first-order valence-corrected chi connectivity index (χ1v) is 8.11. The summed E-state index contributed by atoms with van der Waals surface area (Å²) < 4.78 is 5.57. The van der Waals surface area contributed by atoms with E-state index in [9.17, 15) is 9.82 Å². The quantitative estimate of drug-likeness (QED) is 0.387. The molecule has 0 amide bonds. The van der Waals surface area contributed by atoms with Gasteiger partial charge in [0, 0.05) is 17.6 Å². The smallest absolute Gasteiger partial charge is 0.526 e. The lowest BCUT2D eigenvalue weighted by Crippen LogP contribution is -2.36. The monoisotopic (exact) mass is 330 g/mol. The van der Waals surface area contributed by atoms with Crippen LogP contribution >= 0.6 is 11.3 Å². The van der Waals surface area contributed by atoms with Crippen molar-refractivity contribution < 1.29 is 19.7 Å². The average molecular weight is 330 g/mol. The van der Waals surface area contributed by atoms with Gasteiger partial charge < -0.3 is 14.9 Å². The van der Waals surface area contributed by atoms with Crippen molar-refractivity contribution in [1.29, 1.82) is 0 Å². The highest BCUT2D eigenvalue weighted by molar-refractivity contribution is 7.07. The third kappa shape index (κ3) is 3.13. The van der Waals surface area contributed by atoms with Crippen LogP contribution in [0.3, 0.4) is 0 Å². The minimum atomic E-state index is -1.07. The number of benzene rings is 1. The SMILES string of the molecule is Cc1cccc2c1OB(O)[C@@H](CC(=O)/C(=N\O)c1cscn1)C2. The van der Waals surface area contributed by atoms with Crippen molar-refractivity contribution in [2.75, 3.05) is 0 Å². The fraction of sp³-hybridized carbons (Fsp3) is 0.267. The zero-order valence-electron chi connectivity index (χ0n) is 12.5. The highest BCUT2D eigenvalue weighted by atomic mass is 32.1. The van der Waals surface area contributed by atoms with Crippen LogP contribution in [0.2, 0.25) is 5.82 Å². The molecule has 1 aromatic carbocycles. The molecule has 0 aliphatic carbocycles. The van der Waals surface area contributed by atoms with Crippen LogP contribution in [-0.2, 0) is 11.2 Å². The zero-order chi connectivity index (χ0) is 16.4. The normalized spacial score (nSPS) is 17.6. The molecule has 1 aromatic heterocycles. The number of rotatable bonds is 4. The van der Waals surface area contributed by atoms with Gasteiger partial charge in [-0.05, 0) is 24.5 Å². The first kappa shape index (κ1) is 15.7. The van der Waals surface area contributed by atoms with E-state index in [2.05, 4.69) is 10.1 Å². The van der Waals surface area contributed by atoms with Crippen molar-refractivity contribution in [3.8, 4) is 5.75 Å². The van der Waals surface area contributed by atoms with Crippen LogP contribution in [0.1, 0.15) is 23.2 Å². The van der Waals surface area contributed by atoms with Gasteiger partial charge in [-0.25, -0.2) is 4.98 Å². The van der Waals surface area contributed by atoms with Crippen molar-refractivity contribution in [3.05, 3.63) is 45.9 Å². The Bertz CT molecular complexity index is 748. The summed E-state index contributed by atoms with van der Waals surface area (Å²) >= 11 is 1.31. The first-order chi connectivity index (χ1) is 11.1. The summed E-state index contributed by atoms with van der Waals surface area (Å²) in [6, 6.07) is 5.76. The number of carbonyl (C=O) groups is 1. The summed E-state index contributed by atoms with van der Waals surface area (Å²) in [7, 11) is -1.07. The summed E-state index contributed by atoms with van der Waals surface area (Å²) in [4.78, 5) is 16.4. The standard InChI is InChI=1S/C15H15BN2O4S/c1-9-3-2-4-10-5-11(16(20)22-15(9)10)6-13(19)14(18-21)12-7-23-8-17-12/h2-4,7-8,11,20-21H,5-6H2,1H3/b18-14-/t11-/m1/s1. The molecule has 0 fully saturated rings. The van der Waals surface area contributed by atoms with Gasteiger partial charge in [-0.3, -0.25) is 4.79 Å². The van der Waals surface area contributed by atoms with Crippen LogP contribution in [-0.4, -0.2) is 33.8 Å². The van der Waals surface area contributed by atoms with Crippen LogP contribution in [0.15, 0.2) is 34.2 Å². The summed E-state index contributed by atoms with van der Waals surface area (Å²) in [5.74, 6) is -0.0893. The molecule has 0 bridgehead atoms. The number of aromatic nitrogens is 1. The van der Waals surface area contributed by atoms with Crippen LogP contribution in [0.4, 0.5) is 0 Å². The molecule has 1 aliphatic rings. The van der Waals surface area contributed by atoms with E-state index in [1.807, 2.05) is 25.1 Å². The molecule has 23 heavy (non-hydrogen) atoms. The first-order valence-electron chi connectivity index (χ1n) is 7.17. The summed E-state index contributed by atoms with van der Waals surface area (Å²) in [5, 5.41) is 24.0. The van der Waals surface area contributed by atoms with Gasteiger partial charge in [-0.15, -0.1) is 11.3 Å². The number of nitrogens with zero attached hydrogens (tertiary/aromatic N) is 2. The summed E-state index contributed by atoms with van der Waals surface area (Å²) in [6.07, 6.45) is 0.547.